The van der Waals surface area contributed by atoms with Crippen LogP contribution in [0.25, 0.3) is 0 Å². The van der Waals surface area contributed by atoms with Crippen molar-refractivity contribution < 1.29 is 9.72 Å². The number of benzene rings is 1. The van der Waals surface area contributed by atoms with Crippen LogP contribution in [0.1, 0.15) is 16.8 Å². The second kappa shape index (κ2) is 6.53. The van der Waals surface area contributed by atoms with Gasteiger partial charge in [0.1, 0.15) is 12.0 Å². The van der Waals surface area contributed by atoms with Gasteiger partial charge in [-0.1, -0.05) is 6.07 Å². The Morgan fingerprint density at radius 1 is 1.38 bits per heavy atom. The highest BCUT2D eigenvalue weighted by Gasteiger charge is 2.27. The molecule has 1 saturated heterocycles. The lowest BCUT2D eigenvalue weighted by molar-refractivity contribution is -0.385. The van der Waals surface area contributed by atoms with E-state index < -0.39 is 4.92 Å². The summed E-state index contributed by atoms with van der Waals surface area (Å²) in [5.74, 6) is 0.507. The highest BCUT2D eigenvalue weighted by molar-refractivity contribution is 5.95. The van der Waals surface area contributed by atoms with Crippen LogP contribution in [0.3, 0.4) is 0 Å². The molecule has 124 valence electrons. The number of carbonyl (C=O) groups is 1. The molecule has 2 aromatic rings. The van der Waals surface area contributed by atoms with Crippen molar-refractivity contribution in [1.82, 2.24) is 9.88 Å². The number of nitrogens with one attached hydrogen (secondary N) is 1. The van der Waals surface area contributed by atoms with Crippen LogP contribution in [0.2, 0.25) is 0 Å². The summed E-state index contributed by atoms with van der Waals surface area (Å²) < 4.78 is 0. The Morgan fingerprint density at radius 3 is 2.88 bits per heavy atom. The van der Waals surface area contributed by atoms with E-state index in [2.05, 4.69) is 10.3 Å². The Kier molecular flexibility index (Phi) is 4.28. The number of carbonyl (C=O) groups excluding carboxylic acids is 1. The standard InChI is InChI=1S/C16H17N5O3/c17-12-3-1-2-11(8-12)16(22)20-7-6-13(10-20)19-15-5-4-14(9-18-15)21(23)24/h1-5,8-9,13H,6-7,10,17H2,(H,18,19). The highest BCUT2D eigenvalue weighted by atomic mass is 16.6. The summed E-state index contributed by atoms with van der Waals surface area (Å²) in [5, 5.41) is 13.8. The first-order valence-electron chi connectivity index (χ1n) is 7.55. The van der Waals surface area contributed by atoms with Crippen LogP contribution in [-0.4, -0.2) is 39.8 Å². The van der Waals surface area contributed by atoms with Crippen molar-refractivity contribution in [3.05, 3.63) is 58.3 Å². The molecule has 3 rings (SSSR count). The summed E-state index contributed by atoms with van der Waals surface area (Å²) in [5.41, 5.74) is 6.80. The lowest BCUT2D eigenvalue weighted by Crippen LogP contribution is -2.31. The number of hydrogen-bond donors (Lipinski definition) is 2. The number of nitrogen functional groups attached to an aromatic ring is 1. The van der Waals surface area contributed by atoms with Crippen molar-refractivity contribution in [2.45, 2.75) is 12.5 Å². The number of anilines is 2. The van der Waals surface area contributed by atoms with Crippen LogP contribution in [0.4, 0.5) is 17.2 Å². The number of nitrogens with two attached hydrogens (primary N) is 1. The normalized spacial score (nSPS) is 16.8. The highest BCUT2D eigenvalue weighted by Crippen LogP contribution is 2.19. The molecule has 0 saturated carbocycles. The molecule has 0 bridgehead atoms. The summed E-state index contributed by atoms with van der Waals surface area (Å²) in [7, 11) is 0. The summed E-state index contributed by atoms with van der Waals surface area (Å²) in [6.07, 6.45) is 2.00. The lowest BCUT2D eigenvalue weighted by atomic mass is 10.2. The quantitative estimate of drug-likeness (QED) is 0.503. The fourth-order valence-corrected chi connectivity index (χ4v) is 2.71. The van der Waals surface area contributed by atoms with Crippen molar-refractivity contribution in [2.75, 3.05) is 24.1 Å². The molecule has 1 amide bonds. The van der Waals surface area contributed by atoms with Crippen molar-refractivity contribution in [2.24, 2.45) is 0 Å². The third-order valence-corrected chi connectivity index (χ3v) is 3.92. The van der Waals surface area contributed by atoms with Crippen LogP contribution in [0.15, 0.2) is 42.6 Å². The third kappa shape index (κ3) is 3.43. The van der Waals surface area contributed by atoms with Gasteiger partial charge in [0.15, 0.2) is 0 Å². The van der Waals surface area contributed by atoms with Crippen molar-refractivity contribution in [3.63, 3.8) is 0 Å². The van der Waals surface area contributed by atoms with E-state index in [0.717, 1.165) is 6.42 Å². The van der Waals surface area contributed by atoms with E-state index in [1.807, 2.05) is 0 Å². The molecule has 1 aliphatic heterocycles. The fourth-order valence-electron chi connectivity index (χ4n) is 2.71. The van der Waals surface area contributed by atoms with Gasteiger partial charge in [0.2, 0.25) is 0 Å². The van der Waals surface area contributed by atoms with Gasteiger partial charge >= 0.3 is 0 Å². The first-order valence-corrected chi connectivity index (χ1v) is 7.55. The maximum Gasteiger partial charge on any atom is 0.287 e. The topological polar surface area (TPSA) is 114 Å². The van der Waals surface area contributed by atoms with Gasteiger partial charge in [0.25, 0.3) is 11.6 Å². The Balaban J connectivity index is 1.61. The number of nitrogens with zero attached hydrogens (tertiary/aromatic N) is 3. The fraction of sp³-hybridized carbons (Fsp3) is 0.250. The molecule has 1 aliphatic rings. The van der Waals surface area contributed by atoms with E-state index in [4.69, 9.17) is 5.73 Å². The number of amides is 1. The maximum absolute atomic E-state index is 12.5. The van der Waals surface area contributed by atoms with Crippen LogP contribution in [0, 0.1) is 10.1 Å². The minimum absolute atomic E-state index is 0.0505. The van der Waals surface area contributed by atoms with Gasteiger partial charge in [-0.05, 0) is 30.7 Å². The van der Waals surface area contributed by atoms with Gasteiger partial charge in [-0.15, -0.1) is 0 Å². The van der Waals surface area contributed by atoms with Gasteiger partial charge < -0.3 is 16.0 Å². The summed E-state index contributed by atoms with van der Waals surface area (Å²) in [6.45, 7) is 1.19. The van der Waals surface area contributed by atoms with Gasteiger partial charge in [-0.2, -0.15) is 0 Å². The van der Waals surface area contributed by atoms with Crippen LogP contribution < -0.4 is 11.1 Å². The lowest BCUT2D eigenvalue weighted by Gasteiger charge is -2.17. The average Bonchev–Trinajstić information content (AvgIpc) is 3.03. The molecule has 0 spiro atoms. The van der Waals surface area contributed by atoms with Crippen molar-refractivity contribution in [1.29, 1.82) is 0 Å². The molecule has 8 nitrogen and oxygen atoms in total. The molecule has 1 fully saturated rings. The Morgan fingerprint density at radius 2 is 2.21 bits per heavy atom. The van der Waals surface area contributed by atoms with Crippen LogP contribution in [-0.2, 0) is 0 Å². The average molecular weight is 327 g/mol. The Hall–Kier alpha value is -3.16. The predicted molar refractivity (Wildman–Crippen MR) is 89.7 cm³/mol. The monoisotopic (exact) mass is 327 g/mol. The molecule has 1 aromatic carbocycles. The molecule has 1 unspecified atom stereocenters. The molecule has 0 radical (unpaired) electrons. The summed E-state index contributed by atoms with van der Waals surface area (Å²) >= 11 is 0. The molecule has 3 N–H and O–H groups in total. The first-order chi connectivity index (χ1) is 11.5. The minimum Gasteiger partial charge on any atom is -0.399 e. The van der Waals surface area contributed by atoms with Crippen LogP contribution in [0.5, 0.6) is 0 Å². The van der Waals surface area contributed by atoms with E-state index in [9.17, 15) is 14.9 Å². The second-order valence-corrected chi connectivity index (χ2v) is 5.67. The number of likely N-dealkylation sites (tertiary alicyclic amines) is 1. The SMILES string of the molecule is Nc1cccc(C(=O)N2CCC(Nc3ccc([N+](=O)[O-])cn3)C2)c1. The largest absolute Gasteiger partial charge is 0.399 e. The molecule has 0 aliphatic carbocycles. The van der Waals surface area contributed by atoms with E-state index in [1.54, 1.807) is 35.2 Å². The second-order valence-electron chi connectivity index (χ2n) is 5.67. The van der Waals surface area contributed by atoms with E-state index in [0.29, 0.717) is 30.2 Å². The molecule has 2 heterocycles. The number of nitro groups is 1. The molecule has 1 aromatic heterocycles. The molecular formula is C16H17N5O3. The Labute approximate surface area is 138 Å². The summed E-state index contributed by atoms with van der Waals surface area (Å²) in [4.78, 5) is 28.4. The van der Waals surface area contributed by atoms with Gasteiger partial charge in [0, 0.05) is 36.4 Å². The molecule has 1 atom stereocenters. The molecule has 8 heteroatoms. The van der Waals surface area contributed by atoms with E-state index in [1.165, 1.54) is 12.3 Å². The maximum atomic E-state index is 12.5. The molecule has 24 heavy (non-hydrogen) atoms. The number of hydrogen-bond acceptors (Lipinski definition) is 6. The molecular weight excluding hydrogens is 310 g/mol. The van der Waals surface area contributed by atoms with Crippen LogP contribution >= 0.6 is 0 Å². The van der Waals surface area contributed by atoms with Gasteiger partial charge in [-0.25, -0.2) is 4.98 Å². The van der Waals surface area contributed by atoms with Crippen molar-refractivity contribution in [3.8, 4) is 0 Å². The van der Waals surface area contributed by atoms with Gasteiger partial charge in [-0.3, -0.25) is 14.9 Å². The zero-order valence-corrected chi connectivity index (χ0v) is 12.9. The zero-order chi connectivity index (χ0) is 17.1. The number of pyridine rings is 1. The zero-order valence-electron chi connectivity index (χ0n) is 12.9. The van der Waals surface area contributed by atoms with Crippen molar-refractivity contribution >= 4 is 23.1 Å². The van der Waals surface area contributed by atoms with E-state index in [-0.39, 0.29) is 17.6 Å². The van der Waals surface area contributed by atoms with Gasteiger partial charge in [0.05, 0.1) is 4.92 Å². The Bertz CT molecular complexity index is 763. The number of aromatic nitrogens is 1. The first kappa shape index (κ1) is 15.7. The smallest absolute Gasteiger partial charge is 0.287 e. The third-order valence-electron chi connectivity index (χ3n) is 3.92. The predicted octanol–water partition coefficient (Wildman–Crippen LogP) is 1.90. The number of rotatable bonds is 4. The van der Waals surface area contributed by atoms with E-state index >= 15 is 0 Å². The summed E-state index contributed by atoms with van der Waals surface area (Å²) in [6, 6.07) is 9.95. The minimum atomic E-state index is -0.488.